The van der Waals surface area contributed by atoms with Crippen molar-refractivity contribution in [3.63, 3.8) is 0 Å². The molecule has 1 saturated heterocycles. The molecule has 0 saturated carbocycles. The second kappa shape index (κ2) is 10.4. The van der Waals surface area contributed by atoms with Gasteiger partial charge in [0, 0.05) is 29.9 Å². The molecule has 4 heterocycles. The maximum atomic E-state index is 15.3. The zero-order chi connectivity index (χ0) is 27.7. The van der Waals surface area contributed by atoms with Gasteiger partial charge in [0.1, 0.15) is 11.6 Å². The molecule has 11 nitrogen and oxygen atoms in total. The lowest BCUT2D eigenvalue weighted by Gasteiger charge is -2.40. The summed E-state index contributed by atoms with van der Waals surface area (Å²) in [6.07, 6.45) is 2.73. The first-order valence-electron chi connectivity index (χ1n) is 11.6. The molecule has 0 bridgehead atoms. The Morgan fingerprint density at radius 1 is 1.18 bits per heavy atom. The zero-order valence-electron chi connectivity index (χ0n) is 20.5. The smallest absolute Gasteiger partial charge is 0.272 e. The first-order chi connectivity index (χ1) is 18.7. The van der Waals surface area contributed by atoms with Crippen LogP contribution in [0.15, 0.2) is 47.2 Å². The third-order valence-electron chi connectivity index (χ3n) is 6.03. The van der Waals surface area contributed by atoms with Gasteiger partial charge in [0.2, 0.25) is 11.7 Å². The van der Waals surface area contributed by atoms with Gasteiger partial charge in [0.25, 0.3) is 11.8 Å². The van der Waals surface area contributed by atoms with Crippen LogP contribution in [0.4, 0.5) is 8.78 Å². The normalized spacial score (nSPS) is 14.8. The summed E-state index contributed by atoms with van der Waals surface area (Å²) in [6, 6.07) is 5.76. The number of ether oxygens (including phenoxy) is 1. The van der Waals surface area contributed by atoms with Gasteiger partial charge in [0.15, 0.2) is 11.2 Å². The fourth-order valence-corrected chi connectivity index (χ4v) is 4.22. The number of aryl methyl sites for hydroxylation is 1. The molecular formula is C25H20ClF2N7O4. The predicted octanol–water partition coefficient (Wildman–Crippen LogP) is 3.20. The lowest BCUT2D eigenvalue weighted by atomic mass is 9.95. The Morgan fingerprint density at radius 3 is 2.59 bits per heavy atom. The Balaban J connectivity index is 1.37. The average molecular weight is 556 g/mol. The van der Waals surface area contributed by atoms with Crippen molar-refractivity contribution in [3.8, 4) is 22.5 Å². The summed E-state index contributed by atoms with van der Waals surface area (Å²) in [5.41, 5.74) is -1.04. The number of nitrogens with zero attached hydrogens (tertiary/aromatic N) is 5. The van der Waals surface area contributed by atoms with E-state index >= 15 is 4.39 Å². The largest absolute Gasteiger partial charge is 0.375 e. The number of hydrogen-bond donors (Lipinski definition) is 2. The van der Waals surface area contributed by atoms with E-state index in [-0.39, 0.29) is 58.0 Å². The van der Waals surface area contributed by atoms with Crippen LogP contribution in [0.5, 0.6) is 0 Å². The van der Waals surface area contributed by atoms with Crippen molar-refractivity contribution in [3.05, 3.63) is 76.7 Å². The minimum Gasteiger partial charge on any atom is -0.375 e. The first kappa shape index (κ1) is 26.3. The number of hydrogen-bond acceptors (Lipinski definition) is 9. The van der Waals surface area contributed by atoms with Crippen LogP contribution < -0.4 is 10.6 Å². The molecule has 0 radical (unpaired) electrons. The van der Waals surface area contributed by atoms with Gasteiger partial charge in [0.05, 0.1) is 30.5 Å². The Labute approximate surface area is 224 Å². The quantitative estimate of drug-likeness (QED) is 0.351. The maximum absolute atomic E-state index is 15.3. The molecule has 1 fully saturated rings. The number of carbonyl (C=O) groups excluding carboxylic acids is 2. The Bertz CT molecular complexity index is 1560. The van der Waals surface area contributed by atoms with E-state index in [4.69, 9.17) is 20.9 Å². The summed E-state index contributed by atoms with van der Waals surface area (Å²) in [7, 11) is 0. The molecule has 2 N–H and O–H groups in total. The monoisotopic (exact) mass is 555 g/mol. The predicted molar refractivity (Wildman–Crippen MR) is 132 cm³/mol. The summed E-state index contributed by atoms with van der Waals surface area (Å²) in [5, 5.41) is 16.5. The van der Waals surface area contributed by atoms with Crippen molar-refractivity contribution in [1.29, 1.82) is 0 Å². The number of amides is 2. The summed E-state index contributed by atoms with van der Waals surface area (Å²) >= 11 is 6.07. The van der Waals surface area contributed by atoms with Crippen LogP contribution in [0.25, 0.3) is 22.5 Å². The van der Waals surface area contributed by atoms with Crippen molar-refractivity contribution in [2.45, 2.75) is 25.4 Å². The number of carbonyl (C=O) groups is 2. The Kier molecular flexibility index (Phi) is 7.02. The van der Waals surface area contributed by atoms with Crippen molar-refractivity contribution in [2.75, 3.05) is 13.2 Å². The molecule has 200 valence electrons. The van der Waals surface area contributed by atoms with Crippen LogP contribution in [0.3, 0.4) is 0 Å². The SMILES string of the molecule is Cc1nc(-c2c(F)cc(Cl)cc2-c2cnc(C(C)NC(=O)C3(NC(=O)c4cccnn4)COC3)c(F)c2)no1. The molecule has 0 aliphatic carbocycles. The number of rotatable bonds is 7. The van der Waals surface area contributed by atoms with Gasteiger partial charge in [-0.1, -0.05) is 16.8 Å². The molecule has 1 aliphatic heterocycles. The van der Waals surface area contributed by atoms with E-state index in [0.29, 0.717) is 0 Å². The molecule has 5 rings (SSSR count). The summed E-state index contributed by atoms with van der Waals surface area (Å²) in [5.74, 6) is -2.49. The number of aromatic nitrogens is 5. The Hall–Kier alpha value is -4.36. The van der Waals surface area contributed by atoms with E-state index in [0.717, 1.165) is 12.1 Å². The third kappa shape index (κ3) is 5.18. The third-order valence-corrected chi connectivity index (χ3v) is 6.25. The van der Waals surface area contributed by atoms with Crippen LogP contribution in [0, 0.1) is 18.6 Å². The molecule has 2 amide bonds. The van der Waals surface area contributed by atoms with Crippen LogP contribution in [0.1, 0.15) is 35.0 Å². The lowest BCUT2D eigenvalue weighted by Crippen LogP contribution is -2.70. The van der Waals surface area contributed by atoms with Crippen molar-refractivity contribution in [2.24, 2.45) is 0 Å². The number of nitrogens with one attached hydrogen (secondary N) is 2. The van der Waals surface area contributed by atoms with E-state index in [1.54, 1.807) is 6.92 Å². The van der Waals surface area contributed by atoms with E-state index < -0.39 is 35.0 Å². The second-order valence-electron chi connectivity index (χ2n) is 8.87. The number of halogens is 3. The van der Waals surface area contributed by atoms with E-state index in [1.807, 2.05) is 0 Å². The van der Waals surface area contributed by atoms with Gasteiger partial charge < -0.3 is 19.9 Å². The number of pyridine rings is 1. The minimum absolute atomic E-state index is 0.0284. The van der Waals surface area contributed by atoms with E-state index in [9.17, 15) is 14.0 Å². The molecule has 4 aromatic rings. The highest BCUT2D eigenvalue weighted by atomic mass is 35.5. The average Bonchev–Trinajstić information content (AvgIpc) is 3.31. The highest BCUT2D eigenvalue weighted by Gasteiger charge is 2.48. The molecule has 1 aliphatic rings. The standard InChI is InChI=1S/C25H20ClF2N7O4/c1-12(31-24(37)25(10-38-11-25)33-23(36)19-4-3-5-30-34-19)21-18(28)6-14(9-29-21)16-7-15(26)8-17(27)20(16)22-32-13(2)39-35-22/h3-9,12H,10-11H2,1-2H3,(H,31,37)(H,33,36). The van der Waals surface area contributed by atoms with Crippen LogP contribution in [0.2, 0.25) is 5.02 Å². The molecule has 1 aromatic carbocycles. The summed E-state index contributed by atoms with van der Waals surface area (Å²) in [6.45, 7) is 2.93. The second-order valence-corrected chi connectivity index (χ2v) is 9.31. The first-order valence-corrected chi connectivity index (χ1v) is 12.0. The van der Waals surface area contributed by atoms with Crippen molar-refractivity contribution >= 4 is 23.4 Å². The van der Waals surface area contributed by atoms with Crippen molar-refractivity contribution < 1.29 is 27.6 Å². The van der Waals surface area contributed by atoms with Crippen LogP contribution in [-0.4, -0.2) is 55.9 Å². The fraction of sp³-hybridized carbons (Fsp3) is 0.240. The Morgan fingerprint density at radius 2 is 1.97 bits per heavy atom. The zero-order valence-corrected chi connectivity index (χ0v) is 21.3. The van der Waals surface area contributed by atoms with Gasteiger partial charge in [-0.05, 0) is 42.8 Å². The molecule has 3 aromatic heterocycles. The van der Waals surface area contributed by atoms with Gasteiger partial charge in [-0.15, -0.1) is 5.10 Å². The van der Waals surface area contributed by atoms with Gasteiger partial charge >= 0.3 is 0 Å². The summed E-state index contributed by atoms with van der Waals surface area (Å²) in [4.78, 5) is 33.9. The van der Waals surface area contributed by atoms with Gasteiger partial charge in [-0.3, -0.25) is 14.6 Å². The molecule has 1 atom stereocenters. The highest BCUT2D eigenvalue weighted by molar-refractivity contribution is 6.31. The topological polar surface area (TPSA) is 145 Å². The molecule has 39 heavy (non-hydrogen) atoms. The van der Waals surface area contributed by atoms with E-state index in [1.165, 1.54) is 37.5 Å². The number of benzene rings is 1. The van der Waals surface area contributed by atoms with Gasteiger partial charge in [-0.25, -0.2) is 8.78 Å². The highest BCUT2D eigenvalue weighted by Crippen LogP contribution is 2.36. The minimum atomic E-state index is -1.37. The molecular weight excluding hydrogens is 536 g/mol. The van der Waals surface area contributed by atoms with Gasteiger partial charge in [-0.2, -0.15) is 10.1 Å². The lowest BCUT2D eigenvalue weighted by molar-refractivity contribution is -0.147. The molecule has 14 heteroatoms. The van der Waals surface area contributed by atoms with E-state index in [2.05, 4.69) is 36.0 Å². The molecule has 1 unspecified atom stereocenters. The molecule has 0 spiro atoms. The fourth-order valence-electron chi connectivity index (χ4n) is 4.02. The van der Waals surface area contributed by atoms with Crippen LogP contribution in [-0.2, 0) is 9.53 Å². The maximum Gasteiger partial charge on any atom is 0.272 e. The van der Waals surface area contributed by atoms with Crippen molar-refractivity contribution in [1.82, 2.24) is 36.0 Å². The summed E-state index contributed by atoms with van der Waals surface area (Å²) < 4.78 is 40.3. The van der Waals surface area contributed by atoms with Crippen LogP contribution >= 0.6 is 11.6 Å².